The quantitative estimate of drug-likeness (QED) is 0.527. The Bertz CT molecular complexity index is 953. The zero-order valence-electron chi connectivity index (χ0n) is 14.0. The maximum atomic E-state index is 14.1. The molecule has 0 bridgehead atoms. The van der Waals surface area contributed by atoms with E-state index in [1.54, 1.807) is 23.7 Å². The molecule has 0 saturated carbocycles. The second kappa shape index (κ2) is 7.52. The van der Waals surface area contributed by atoms with E-state index in [0.29, 0.717) is 22.4 Å². The Balaban J connectivity index is 1.69. The zero-order valence-corrected chi connectivity index (χ0v) is 14.8. The number of ketones is 1. The van der Waals surface area contributed by atoms with Gasteiger partial charge in [-0.3, -0.25) is 9.59 Å². The summed E-state index contributed by atoms with van der Waals surface area (Å²) < 4.78 is 21.1. The minimum Gasteiger partial charge on any atom is -0.461 e. The van der Waals surface area contributed by atoms with Crippen LogP contribution >= 0.6 is 11.8 Å². The number of halogens is 1. The molecule has 1 aromatic carbocycles. The van der Waals surface area contributed by atoms with Crippen LogP contribution in [0.4, 0.5) is 10.1 Å². The number of hydrogen-bond acceptors (Lipinski definition) is 6. The summed E-state index contributed by atoms with van der Waals surface area (Å²) >= 11 is 1.15. The average molecular weight is 374 g/mol. The van der Waals surface area contributed by atoms with Crippen molar-refractivity contribution in [1.29, 1.82) is 0 Å². The van der Waals surface area contributed by atoms with Gasteiger partial charge in [-0.15, -0.1) is 10.2 Å². The molecule has 134 valence electrons. The third-order valence-electron chi connectivity index (χ3n) is 3.50. The molecule has 0 aliphatic heterocycles. The molecule has 0 fully saturated rings. The standard InChI is InChI=1S/C17H15FN4O3S/c1-10(23)19-11-5-6-12(13(18)8-11)14(24)9-26-17-21-20-16(22(17)2)15-4-3-7-25-15/h3-8H,9H2,1-2H3,(H,19,23). The summed E-state index contributed by atoms with van der Waals surface area (Å²) in [5.74, 6) is -0.275. The summed E-state index contributed by atoms with van der Waals surface area (Å²) in [6.45, 7) is 1.32. The lowest BCUT2D eigenvalue weighted by atomic mass is 10.1. The summed E-state index contributed by atoms with van der Waals surface area (Å²) in [4.78, 5) is 23.3. The lowest BCUT2D eigenvalue weighted by molar-refractivity contribution is -0.114. The number of furan rings is 1. The van der Waals surface area contributed by atoms with Gasteiger partial charge >= 0.3 is 0 Å². The van der Waals surface area contributed by atoms with Gasteiger partial charge in [0.1, 0.15) is 5.82 Å². The first-order chi connectivity index (χ1) is 12.5. The molecule has 0 spiro atoms. The van der Waals surface area contributed by atoms with Crippen LogP contribution in [0.5, 0.6) is 0 Å². The predicted molar refractivity (Wildman–Crippen MR) is 94.5 cm³/mol. The number of carbonyl (C=O) groups excluding carboxylic acids is 2. The molecule has 0 aliphatic rings. The minimum atomic E-state index is -0.684. The van der Waals surface area contributed by atoms with E-state index in [0.717, 1.165) is 17.8 Å². The van der Waals surface area contributed by atoms with E-state index in [2.05, 4.69) is 15.5 Å². The maximum Gasteiger partial charge on any atom is 0.221 e. The Morgan fingerprint density at radius 1 is 1.31 bits per heavy atom. The van der Waals surface area contributed by atoms with Crippen molar-refractivity contribution < 1.29 is 18.4 Å². The highest BCUT2D eigenvalue weighted by Crippen LogP contribution is 2.24. The number of hydrogen-bond donors (Lipinski definition) is 1. The molecule has 0 saturated heterocycles. The van der Waals surface area contributed by atoms with Crippen LogP contribution in [0.1, 0.15) is 17.3 Å². The zero-order chi connectivity index (χ0) is 18.7. The molecule has 0 atom stereocenters. The first-order valence-electron chi connectivity index (χ1n) is 7.62. The second-order valence-electron chi connectivity index (χ2n) is 5.43. The van der Waals surface area contributed by atoms with Gasteiger partial charge in [-0.2, -0.15) is 0 Å². The molecule has 0 radical (unpaired) electrons. The first-order valence-corrected chi connectivity index (χ1v) is 8.60. The Hall–Kier alpha value is -2.94. The summed E-state index contributed by atoms with van der Waals surface area (Å²) in [5, 5.41) is 11.0. The monoisotopic (exact) mass is 374 g/mol. The highest BCUT2D eigenvalue weighted by atomic mass is 32.2. The largest absolute Gasteiger partial charge is 0.461 e. The van der Waals surface area contributed by atoms with Gasteiger partial charge in [0.05, 0.1) is 17.6 Å². The Labute approximate surface area is 152 Å². The van der Waals surface area contributed by atoms with Crippen LogP contribution in [0.3, 0.4) is 0 Å². The molecule has 2 aromatic heterocycles. The van der Waals surface area contributed by atoms with E-state index < -0.39 is 5.82 Å². The highest BCUT2D eigenvalue weighted by molar-refractivity contribution is 7.99. The van der Waals surface area contributed by atoms with Gasteiger partial charge in [0, 0.05) is 19.7 Å². The number of thioether (sulfide) groups is 1. The van der Waals surface area contributed by atoms with Gasteiger partial charge in [-0.25, -0.2) is 4.39 Å². The van der Waals surface area contributed by atoms with Gasteiger partial charge in [0.2, 0.25) is 5.91 Å². The van der Waals surface area contributed by atoms with Crippen LogP contribution in [-0.4, -0.2) is 32.2 Å². The summed E-state index contributed by atoms with van der Waals surface area (Å²) in [6, 6.07) is 7.47. The van der Waals surface area contributed by atoms with Gasteiger partial charge in [-0.05, 0) is 30.3 Å². The molecule has 1 amide bonds. The highest BCUT2D eigenvalue weighted by Gasteiger charge is 2.17. The third-order valence-corrected chi connectivity index (χ3v) is 4.52. The van der Waals surface area contributed by atoms with Crippen molar-refractivity contribution in [3.63, 3.8) is 0 Å². The van der Waals surface area contributed by atoms with E-state index in [-0.39, 0.29) is 23.0 Å². The molecule has 3 aromatic rings. The summed E-state index contributed by atoms with van der Waals surface area (Å²) in [6.07, 6.45) is 1.54. The fraction of sp³-hybridized carbons (Fsp3) is 0.176. The van der Waals surface area contributed by atoms with Crippen LogP contribution in [-0.2, 0) is 11.8 Å². The second-order valence-corrected chi connectivity index (χ2v) is 6.37. The molecule has 0 unspecified atom stereocenters. The average Bonchev–Trinajstić information content (AvgIpc) is 3.22. The fourth-order valence-electron chi connectivity index (χ4n) is 2.29. The van der Waals surface area contributed by atoms with E-state index in [9.17, 15) is 14.0 Å². The molecule has 0 aliphatic carbocycles. The van der Waals surface area contributed by atoms with Crippen molar-refractivity contribution in [2.45, 2.75) is 12.1 Å². The number of benzene rings is 1. The van der Waals surface area contributed by atoms with Gasteiger partial charge in [0.15, 0.2) is 22.5 Å². The van der Waals surface area contributed by atoms with Crippen molar-refractivity contribution in [2.24, 2.45) is 7.05 Å². The fourth-order valence-corrected chi connectivity index (χ4v) is 3.09. The van der Waals surface area contributed by atoms with Crippen molar-refractivity contribution in [1.82, 2.24) is 14.8 Å². The topological polar surface area (TPSA) is 90.0 Å². The number of carbonyl (C=O) groups is 2. The van der Waals surface area contributed by atoms with Crippen LogP contribution < -0.4 is 5.32 Å². The van der Waals surface area contributed by atoms with E-state index >= 15 is 0 Å². The van der Waals surface area contributed by atoms with Crippen LogP contribution in [0, 0.1) is 5.82 Å². The number of nitrogens with one attached hydrogen (secondary N) is 1. The number of nitrogens with zero attached hydrogens (tertiary/aromatic N) is 3. The number of amides is 1. The van der Waals surface area contributed by atoms with E-state index in [1.165, 1.54) is 25.3 Å². The minimum absolute atomic E-state index is 0.000527. The molecule has 7 nitrogen and oxygen atoms in total. The van der Waals surface area contributed by atoms with Crippen molar-refractivity contribution in [3.8, 4) is 11.6 Å². The SMILES string of the molecule is CC(=O)Nc1ccc(C(=O)CSc2nnc(-c3ccco3)n2C)c(F)c1. The third kappa shape index (κ3) is 3.83. The molecule has 26 heavy (non-hydrogen) atoms. The lowest BCUT2D eigenvalue weighted by Crippen LogP contribution is -2.09. The lowest BCUT2D eigenvalue weighted by Gasteiger charge is -2.06. The Morgan fingerprint density at radius 3 is 2.77 bits per heavy atom. The number of rotatable bonds is 6. The maximum absolute atomic E-state index is 14.1. The predicted octanol–water partition coefficient (Wildman–Crippen LogP) is 3.15. The van der Waals surface area contributed by atoms with Gasteiger partial charge < -0.3 is 14.3 Å². The van der Waals surface area contributed by atoms with Crippen molar-refractivity contribution in [3.05, 3.63) is 48.0 Å². The molecule has 1 N–H and O–H groups in total. The molecular formula is C17H15FN4O3S. The van der Waals surface area contributed by atoms with Crippen LogP contribution in [0.2, 0.25) is 0 Å². The van der Waals surface area contributed by atoms with Crippen molar-refractivity contribution in [2.75, 3.05) is 11.1 Å². The van der Waals surface area contributed by atoms with Gasteiger partial charge in [0.25, 0.3) is 0 Å². The Morgan fingerprint density at radius 2 is 2.12 bits per heavy atom. The van der Waals surface area contributed by atoms with Crippen molar-refractivity contribution >= 4 is 29.1 Å². The molecule has 2 heterocycles. The number of aromatic nitrogens is 3. The van der Waals surface area contributed by atoms with Crippen LogP contribution in [0.15, 0.2) is 46.2 Å². The molecule has 9 heteroatoms. The van der Waals surface area contributed by atoms with E-state index in [1.807, 2.05) is 0 Å². The Kier molecular flexibility index (Phi) is 5.17. The molecular weight excluding hydrogens is 359 g/mol. The number of Topliss-reactive ketones (excluding diaryl/α,β-unsaturated/α-hetero) is 1. The smallest absolute Gasteiger partial charge is 0.221 e. The first kappa shape index (κ1) is 17.9. The van der Waals surface area contributed by atoms with Crippen LogP contribution in [0.25, 0.3) is 11.6 Å². The van der Waals surface area contributed by atoms with Gasteiger partial charge in [-0.1, -0.05) is 11.8 Å². The summed E-state index contributed by atoms with van der Waals surface area (Å²) in [7, 11) is 1.76. The molecule has 3 rings (SSSR count). The van der Waals surface area contributed by atoms with E-state index in [4.69, 9.17) is 4.42 Å². The summed E-state index contributed by atoms with van der Waals surface area (Å²) in [5.41, 5.74) is 0.260. The number of anilines is 1. The normalized spacial score (nSPS) is 10.7.